The molecule has 2 aromatic rings. The van der Waals surface area contributed by atoms with E-state index in [-0.39, 0.29) is 11.1 Å². The Morgan fingerprint density at radius 2 is 1.77 bits per heavy atom. The summed E-state index contributed by atoms with van der Waals surface area (Å²) in [6.45, 7) is 1.58. The van der Waals surface area contributed by atoms with Crippen LogP contribution in [0.5, 0.6) is 17.2 Å². The fraction of sp³-hybridized carbons (Fsp3) is 0.333. The van der Waals surface area contributed by atoms with Crippen molar-refractivity contribution in [3.8, 4) is 28.7 Å². The molecule has 10 nitrogen and oxygen atoms in total. The van der Waals surface area contributed by atoms with Gasteiger partial charge < -0.3 is 24.4 Å². The fourth-order valence-corrected chi connectivity index (χ4v) is 2.69. The third-order valence-electron chi connectivity index (χ3n) is 3.21. The van der Waals surface area contributed by atoms with Crippen LogP contribution in [-0.4, -0.2) is 48.7 Å². The smallest absolute Gasteiger partial charge is 0.318 e. The van der Waals surface area contributed by atoms with Gasteiger partial charge in [-0.05, 0) is 19.1 Å². The molecule has 0 aliphatic rings. The second kappa shape index (κ2) is 8.43. The number of amides is 3. The maximum absolute atomic E-state index is 11.7. The van der Waals surface area contributed by atoms with Crippen molar-refractivity contribution in [1.29, 1.82) is 0 Å². The van der Waals surface area contributed by atoms with Gasteiger partial charge in [-0.3, -0.25) is 10.1 Å². The number of hydrogen-bond donors (Lipinski definition) is 2. The van der Waals surface area contributed by atoms with Crippen LogP contribution in [0.4, 0.5) is 4.79 Å². The van der Waals surface area contributed by atoms with Crippen LogP contribution in [-0.2, 0) is 4.79 Å². The van der Waals surface area contributed by atoms with Crippen LogP contribution in [0.15, 0.2) is 21.8 Å². The van der Waals surface area contributed by atoms with Crippen LogP contribution in [0, 0.1) is 0 Å². The highest BCUT2D eigenvalue weighted by Crippen LogP contribution is 2.41. The molecule has 0 saturated carbocycles. The molecule has 2 rings (SSSR count). The van der Waals surface area contributed by atoms with Gasteiger partial charge in [0.1, 0.15) is 0 Å². The normalized spacial score (nSPS) is 11.5. The fourth-order valence-electron chi connectivity index (χ4n) is 2.01. The number of nitrogens with two attached hydrogens (primary N) is 1. The van der Waals surface area contributed by atoms with Gasteiger partial charge in [-0.15, -0.1) is 10.2 Å². The number of carbonyl (C=O) groups excluding carboxylic acids is 2. The number of benzene rings is 1. The zero-order chi connectivity index (χ0) is 19.3. The lowest BCUT2D eigenvalue weighted by Crippen LogP contribution is -2.39. The van der Waals surface area contributed by atoms with Crippen molar-refractivity contribution in [3.63, 3.8) is 0 Å². The average Bonchev–Trinajstić information content (AvgIpc) is 3.08. The highest BCUT2D eigenvalue weighted by Gasteiger charge is 2.21. The minimum Gasteiger partial charge on any atom is -0.493 e. The van der Waals surface area contributed by atoms with Crippen molar-refractivity contribution in [1.82, 2.24) is 15.5 Å². The molecule has 0 spiro atoms. The van der Waals surface area contributed by atoms with E-state index >= 15 is 0 Å². The van der Waals surface area contributed by atoms with Crippen LogP contribution in [0.2, 0.25) is 0 Å². The van der Waals surface area contributed by atoms with E-state index in [0.717, 1.165) is 11.8 Å². The lowest BCUT2D eigenvalue weighted by atomic mass is 10.2. The van der Waals surface area contributed by atoms with Gasteiger partial charge in [0.25, 0.3) is 5.22 Å². The molecular formula is C15H18N4O6S. The van der Waals surface area contributed by atoms with Crippen molar-refractivity contribution in [3.05, 3.63) is 12.1 Å². The topological polar surface area (TPSA) is 139 Å². The zero-order valence-corrected chi connectivity index (χ0v) is 15.4. The molecule has 1 aromatic heterocycles. The van der Waals surface area contributed by atoms with E-state index in [1.54, 1.807) is 19.1 Å². The Morgan fingerprint density at radius 1 is 1.15 bits per heavy atom. The van der Waals surface area contributed by atoms with Gasteiger partial charge >= 0.3 is 6.03 Å². The van der Waals surface area contributed by atoms with Crippen LogP contribution in [0.1, 0.15) is 6.92 Å². The van der Waals surface area contributed by atoms with Gasteiger partial charge in [0, 0.05) is 5.56 Å². The molecule has 0 fully saturated rings. The molecule has 0 bridgehead atoms. The molecule has 0 saturated heterocycles. The first-order chi connectivity index (χ1) is 12.4. The maximum atomic E-state index is 11.7. The minimum atomic E-state index is -0.925. The lowest BCUT2D eigenvalue weighted by molar-refractivity contribution is -0.119. The van der Waals surface area contributed by atoms with Crippen LogP contribution in [0.25, 0.3) is 11.5 Å². The number of primary amides is 1. The summed E-state index contributed by atoms with van der Waals surface area (Å²) >= 11 is 0.989. The quantitative estimate of drug-likeness (QED) is 0.681. The number of aromatic nitrogens is 2. The number of methoxy groups -OCH3 is 3. The Balaban J connectivity index is 2.24. The molecule has 26 heavy (non-hydrogen) atoms. The maximum Gasteiger partial charge on any atom is 0.318 e. The van der Waals surface area contributed by atoms with Crippen molar-refractivity contribution >= 4 is 23.7 Å². The zero-order valence-electron chi connectivity index (χ0n) is 14.6. The summed E-state index contributed by atoms with van der Waals surface area (Å²) < 4.78 is 21.4. The second-order valence-corrected chi connectivity index (χ2v) is 6.19. The molecule has 0 aliphatic heterocycles. The summed E-state index contributed by atoms with van der Waals surface area (Å²) in [4.78, 5) is 22.4. The molecule has 1 heterocycles. The predicted molar refractivity (Wildman–Crippen MR) is 92.4 cm³/mol. The minimum absolute atomic E-state index is 0.154. The van der Waals surface area contributed by atoms with Gasteiger partial charge in [0.05, 0.1) is 26.6 Å². The van der Waals surface area contributed by atoms with E-state index in [1.165, 1.54) is 21.3 Å². The number of nitrogens with zero attached hydrogens (tertiary/aromatic N) is 2. The number of carbonyl (C=O) groups is 2. The summed E-state index contributed by atoms with van der Waals surface area (Å²) in [5, 5.41) is 9.32. The standard InChI is InChI=1S/C15H18N4O6S/c1-7(12(20)17-14(16)21)26-15-19-18-13(25-15)8-5-9(22-2)11(24-4)10(6-8)23-3/h5-7H,1-4H3,(H3,16,17,20,21). The number of rotatable bonds is 7. The third-order valence-corrected chi connectivity index (χ3v) is 4.15. The van der Waals surface area contributed by atoms with E-state index in [1.807, 2.05) is 5.32 Å². The van der Waals surface area contributed by atoms with Crippen molar-refractivity contribution in [2.45, 2.75) is 17.4 Å². The number of nitrogens with one attached hydrogen (secondary N) is 1. The number of imide groups is 1. The number of hydrogen-bond acceptors (Lipinski definition) is 9. The molecule has 0 aliphatic carbocycles. The molecular weight excluding hydrogens is 364 g/mol. The van der Waals surface area contributed by atoms with E-state index in [0.29, 0.717) is 22.8 Å². The van der Waals surface area contributed by atoms with Crippen molar-refractivity contribution in [2.75, 3.05) is 21.3 Å². The molecule has 1 unspecified atom stereocenters. The van der Waals surface area contributed by atoms with E-state index in [9.17, 15) is 9.59 Å². The SMILES string of the molecule is COc1cc(-c2nnc(SC(C)C(=O)NC(N)=O)o2)cc(OC)c1OC. The number of urea groups is 1. The predicted octanol–water partition coefficient (Wildman–Crippen LogP) is 1.44. The Kier molecular flexibility index (Phi) is 6.28. The Hall–Kier alpha value is -2.95. The highest BCUT2D eigenvalue weighted by atomic mass is 32.2. The van der Waals surface area contributed by atoms with Gasteiger partial charge in [0.15, 0.2) is 11.5 Å². The van der Waals surface area contributed by atoms with E-state index in [2.05, 4.69) is 10.2 Å². The molecule has 140 valence electrons. The van der Waals surface area contributed by atoms with Gasteiger partial charge in [0.2, 0.25) is 17.5 Å². The Bertz CT molecular complexity index is 784. The number of ether oxygens (including phenoxy) is 3. The van der Waals surface area contributed by atoms with Gasteiger partial charge in [-0.25, -0.2) is 4.79 Å². The van der Waals surface area contributed by atoms with Crippen LogP contribution in [0.3, 0.4) is 0 Å². The first-order valence-corrected chi connectivity index (χ1v) is 8.18. The Morgan fingerprint density at radius 3 is 2.27 bits per heavy atom. The van der Waals surface area contributed by atoms with Crippen LogP contribution >= 0.6 is 11.8 Å². The first kappa shape index (κ1) is 19.4. The summed E-state index contributed by atoms with van der Waals surface area (Å²) in [5.41, 5.74) is 5.47. The van der Waals surface area contributed by atoms with Crippen LogP contribution < -0.4 is 25.3 Å². The van der Waals surface area contributed by atoms with E-state index < -0.39 is 17.2 Å². The lowest BCUT2D eigenvalue weighted by Gasteiger charge is -2.12. The number of thioether (sulfide) groups is 1. The molecule has 11 heteroatoms. The molecule has 1 atom stereocenters. The summed E-state index contributed by atoms with van der Waals surface area (Å²) in [7, 11) is 4.49. The van der Waals surface area contributed by atoms with E-state index in [4.69, 9.17) is 24.4 Å². The largest absolute Gasteiger partial charge is 0.493 e. The summed E-state index contributed by atoms with van der Waals surface area (Å²) in [6.07, 6.45) is 0. The van der Waals surface area contributed by atoms with Crippen molar-refractivity contribution in [2.24, 2.45) is 5.73 Å². The van der Waals surface area contributed by atoms with Gasteiger partial charge in [-0.1, -0.05) is 11.8 Å². The van der Waals surface area contributed by atoms with Gasteiger partial charge in [-0.2, -0.15) is 0 Å². The second-order valence-electron chi connectivity index (χ2n) is 4.90. The highest BCUT2D eigenvalue weighted by molar-refractivity contribution is 8.00. The first-order valence-electron chi connectivity index (χ1n) is 7.30. The Labute approximate surface area is 153 Å². The molecule has 0 radical (unpaired) electrons. The average molecular weight is 382 g/mol. The summed E-state index contributed by atoms with van der Waals surface area (Å²) in [5.74, 6) is 0.945. The summed E-state index contributed by atoms with van der Waals surface area (Å²) in [6, 6.07) is 2.39. The molecule has 3 amide bonds. The monoisotopic (exact) mass is 382 g/mol. The molecule has 3 N–H and O–H groups in total. The molecule has 1 aromatic carbocycles. The third kappa shape index (κ3) is 4.36. The van der Waals surface area contributed by atoms with Crippen molar-refractivity contribution < 1.29 is 28.2 Å².